The van der Waals surface area contributed by atoms with Crippen LogP contribution in [0.3, 0.4) is 0 Å². The topological polar surface area (TPSA) is 121 Å². The van der Waals surface area contributed by atoms with Gasteiger partial charge in [0.05, 0.1) is 27.4 Å². The molecule has 208 valence electrons. The largest absolute Gasteiger partial charge is 0.508 e. The molecule has 0 saturated carbocycles. The van der Waals surface area contributed by atoms with Crippen LogP contribution in [0.4, 0.5) is 0 Å². The van der Waals surface area contributed by atoms with Crippen LogP contribution in [-0.2, 0) is 19.1 Å². The first-order valence-corrected chi connectivity index (χ1v) is 12.4. The van der Waals surface area contributed by atoms with E-state index >= 15 is 0 Å². The van der Waals surface area contributed by atoms with E-state index in [4.69, 9.17) is 23.7 Å². The van der Waals surface area contributed by atoms with Gasteiger partial charge in [-0.05, 0) is 67.8 Å². The standard InChI is InChI=1S/C30H34O9/c1-6-30(18-37-29(2,3)38-19-30)28(34)39-27-16-21(10-14-26(27)36-5)8-12-23(32)17-22(31)11-7-20-9-13-25(35-4)24(33)15-20/h7-17,31,33H,6,18-19H2,1-5H3/b11-7+,12-8+,22-17-. The zero-order chi connectivity index (χ0) is 28.6. The number of hydrogen-bond acceptors (Lipinski definition) is 9. The van der Waals surface area contributed by atoms with Gasteiger partial charge in [-0.2, -0.15) is 0 Å². The summed E-state index contributed by atoms with van der Waals surface area (Å²) in [7, 11) is 2.91. The van der Waals surface area contributed by atoms with Gasteiger partial charge in [-0.3, -0.25) is 9.59 Å². The molecule has 1 aliphatic rings. The molecule has 0 amide bonds. The number of aliphatic hydroxyl groups excluding tert-OH is 1. The minimum Gasteiger partial charge on any atom is -0.508 e. The van der Waals surface area contributed by atoms with E-state index in [-0.39, 0.29) is 30.5 Å². The lowest BCUT2D eigenvalue weighted by atomic mass is 9.86. The first-order valence-electron chi connectivity index (χ1n) is 12.4. The highest BCUT2D eigenvalue weighted by Gasteiger charge is 2.46. The molecule has 1 saturated heterocycles. The molecule has 0 radical (unpaired) electrons. The lowest BCUT2D eigenvalue weighted by Gasteiger charge is -2.41. The zero-order valence-corrected chi connectivity index (χ0v) is 22.7. The number of carbonyl (C=O) groups excluding carboxylic acids is 2. The van der Waals surface area contributed by atoms with Gasteiger partial charge in [0.1, 0.15) is 11.2 Å². The number of rotatable bonds is 10. The van der Waals surface area contributed by atoms with Gasteiger partial charge in [0.2, 0.25) is 0 Å². The van der Waals surface area contributed by atoms with Gasteiger partial charge in [0.25, 0.3) is 0 Å². The van der Waals surface area contributed by atoms with E-state index in [0.717, 1.165) is 6.08 Å². The van der Waals surface area contributed by atoms with Gasteiger partial charge in [0.15, 0.2) is 34.6 Å². The summed E-state index contributed by atoms with van der Waals surface area (Å²) >= 11 is 0. The number of hydrogen-bond donors (Lipinski definition) is 2. The molecule has 39 heavy (non-hydrogen) atoms. The number of ether oxygens (including phenoxy) is 5. The Bertz CT molecular complexity index is 1280. The normalized spacial score (nSPS) is 16.8. The Labute approximate surface area is 227 Å². The number of esters is 1. The summed E-state index contributed by atoms with van der Waals surface area (Å²) in [5.74, 6) is -1.17. The minimum atomic E-state index is -0.956. The van der Waals surface area contributed by atoms with Crippen LogP contribution in [0.25, 0.3) is 12.2 Å². The lowest BCUT2D eigenvalue weighted by molar-refractivity contribution is -0.283. The van der Waals surface area contributed by atoms with Gasteiger partial charge >= 0.3 is 5.97 Å². The molecule has 0 bridgehead atoms. The number of aliphatic hydroxyl groups is 1. The summed E-state index contributed by atoms with van der Waals surface area (Å²) in [5, 5.41) is 19.9. The third-order valence-electron chi connectivity index (χ3n) is 6.27. The number of ketones is 1. The van der Waals surface area contributed by atoms with Crippen molar-refractivity contribution >= 4 is 23.9 Å². The molecule has 2 N–H and O–H groups in total. The molecule has 0 spiro atoms. The van der Waals surface area contributed by atoms with Crippen molar-refractivity contribution < 1.29 is 43.5 Å². The summed E-state index contributed by atoms with van der Waals surface area (Å²) in [6.07, 6.45) is 7.19. The van der Waals surface area contributed by atoms with E-state index in [0.29, 0.717) is 29.0 Å². The number of benzene rings is 2. The molecule has 1 aliphatic heterocycles. The summed E-state index contributed by atoms with van der Waals surface area (Å²) in [4.78, 5) is 25.5. The fraction of sp³-hybridized carbons (Fsp3) is 0.333. The van der Waals surface area contributed by atoms with Crippen molar-refractivity contribution in [1.29, 1.82) is 0 Å². The molecule has 2 aromatic rings. The van der Waals surface area contributed by atoms with Gasteiger partial charge in [-0.25, -0.2) is 0 Å². The molecule has 3 rings (SSSR count). The molecule has 0 aliphatic carbocycles. The molecule has 0 unspecified atom stereocenters. The second-order valence-corrected chi connectivity index (χ2v) is 9.48. The van der Waals surface area contributed by atoms with Crippen molar-refractivity contribution in [2.24, 2.45) is 5.41 Å². The van der Waals surface area contributed by atoms with Crippen molar-refractivity contribution in [2.75, 3.05) is 27.4 Å². The number of carbonyl (C=O) groups is 2. The lowest BCUT2D eigenvalue weighted by Crippen LogP contribution is -2.51. The Morgan fingerprint density at radius 3 is 2.10 bits per heavy atom. The smallest absolute Gasteiger partial charge is 0.322 e. The van der Waals surface area contributed by atoms with Crippen LogP contribution in [0.1, 0.15) is 38.3 Å². The van der Waals surface area contributed by atoms with E-state index in [1.807, 2.05) is 6.92 Å². The number of phenolic OH excluding ortho intramolecular Hbond substituents is 1. The Kier molecular flexibility index (Phi) is 9.56. The summed E-state index contributed by atoms with van der Waals surface area (Å²) in [6.45, 7) is 5.77. The van der Waals surface area contributed by atoms with E-state index in [9.17, 15) is 19.8 Å². The summed E-state index contributed by atoms with van der Waals surface area (Å²) in [6, 6.07) is 9.65. The van der Waals surface area contributed by atoms with Gasteiger partial charge in [0, 0.05) is 6.08 Å². The second-order valence-electron chi connectivity index (χ2n) is 9.48. The Balaban J connectivity index is 1.69. The average molecular weight is 539 g/mol. The fourth-order valence-corrected chi connectivity index (χ4v) is 3.67. The van der Waals surface area contributed by atoms with Crippen molar-refractivity contribution in [1.82, 2.24) is 0 Å². The maximum atomic E-state index is 13.1. The Hall–Kier alpha value is -4.08. The van der Waals surface area contributed by atoms with Crippen LogP contribution in [0.5, 0.6) is 23.0 Å². The Morgan fingerprint density at radius 1 is 0.923 bits per heavy atom. The number of methoxy groups -OCH3 is 2. The van der Waals surface area contributed by atoms with Crippen LogP contribution in [0.15, 0.2) is 60.4 Å². The van der Waals surface area contributed by atoms with Crippen LogP contribution in [0.2, 0.25) is 0 Å². The van der Waals surface area contributed by atoms with E-state index in [2.05, 4.69) is 0 Å². The van der Waals surface area contributed by atoms with Gasteiger partial charge in [-0.15, -0.1) is 0 Å². The SMILES string of the molecule is CCC1(C(=O)Oc2cc(/C=C/C(=O)/C=C(O)/C=C/c3ccc(OC)c(O)c3)ccc2OC)COC(C)(C)OC1. The molecule has 0 aromatic heterocycles. The summed E-state index contributed by atoms with van der Waals surface area (Å²) in [5.41, 5.74) is 0.228. The quantitative estimate of drug-likeness (QED) is 0.138. The first-order chi connectivity index (χ1) is 18.5. The van der Waals surface area contributed by atoms with Crippen LogP contribution in [0, 0.1) is 5.41 Å². The molecule has 0 atom stereocenters. The molecule has 2 aromatic carbocycles. The zero-order valence-electron chi connectivity index (χ0n) is 22.7. The van der Waals surface area contributed by atoms with Crippen LogP contribution in [-0.4, -0.2) is 55.2 Å². The van der Waals surface area contributed by atoms with Crippen molar-refractivity contribution in [2.45, 2.75) is 33.0 Å². The predicted molar refractivity (Wildman–Crippen MR) is 146 cm³/mol. The van der Waals surface area contributed by atoms with E-state index < -0.39 is 23.0 Å². The molecule has 1 fully saturated rings. The predicted octanol–water partition coefficient (Wildman–Crippen LogP) is 5.23. The van der Waals surface area contributed by atoms with E-state index in [1.54, 1.807) is 50.3 Å². The van der Waals surface area contributed by atoms with Crippen molar-refractivity contribution in [3.05, 3.63) is 71.5 Å². The maximum absolute atomic E-state index is 13.1. The van der Waals surface area contributed by atoms with E-state index in [1.165, 1.54) is 38.5 Å². The Morgan fingerprint density at radius 2 is 1.51 bits per heavy atom. The van der Waals surface area contributed by atoms with Gasteiger partial charge in [-0.1, -0.05) is 31.2 Å². The van der Waals surface area contributed by atoms with Crippen LogP contribution < -0.4 is 14.2 Å². The fourth-order valence-electron chi connectivity index (χ4n) is 3.67. The molecular weight excluding hydrogens is 504 g/mol. The van der Waals surface area contributed by atoms with Gasteiger partial charge < -0.3 is 33.9 Å². The minimum absolute atomic E-state index is 0.0408. The highest BCUT2D eigenvalue weighted by Crippen LogP contribution is 2.36. The van der Waals surface area contributed by atoms with Crippen molar-refractivity contribution in [3.63, 3.8) is 0 Å². The third kappa shape index (κ3) is 7.72. The highest BCUT2D eigenvalue weighted by atomic mass is 16.7. The number of aromatic hydroxyl groups is 1. The second kappa shape index (κ2) is 12.6. The van der Waals surface area contributed by atoms with Crippen molar-refractivity contribution in [3.8, 4) is 23.0 Å². The number of phenols is 1. The highest BCUT2D eigenvalue weighted by molar-refractivity contribution is 6.02. The monoisotopic (exact) mass is 538 g/mol. The molecule has 9 nitrogen and oxygen atoms in total. The third-order valence-corrected chi connectivity index (χ3v) is 6.27. The van der Waals surface area contributed by atoms with Crippen LogP contribution >= 0.6 is 0 Å². The average Bonchev–Trinajstić information content (AvgIpc) is 2.91. The maximum Gasteiger partial charge on any atom is 0.322 e. The summed E-state index contributed by atoms with van der Waals surface area (Å²) < 4.78 is 27.5. The molecule has 9 heteroatoms. The molecular formula is C30H34O9. The molecule has 1 heterocycles. The number of allylic oxidation sites excluding steroid dienone is 3. The first kappa shape index (κ1) is 29.5.